The summed E-state index contributed by atoms with van der Waals surface area (Å²) in [7, 11) is -1.08. The first-order valence-corrected chi connectivity index (χ1v) is 8.96. The van der Waals surface area contributed by atoms with Crippen molar-refractivity contribution in [2.24, 2.45) is 5.92 Å². The maximum Gasteiger partial charge on any atom is 0.119 e. The standard InChI is InChI=1S/C18H29NO2S/c1-6-7-13-17(19-22(20)18(3,4)5)15(2)14-21-16-11-9-8-10-12-16/h6,8-12,15,17,19H,1,7,13-14H2,2-5H3/t15-,17-,22?/m1/s1. The first kappa shape index (κ1) is 18.9. The van der Waals surface area contributed by atoms with Gasteiger partial charge in [-0.05, 0) is 45.7 Å². The minimum absolute atomic E-state index is 0.141. The van der Waals surface area contributed by atoms with Gasteiger partial charge in [-0.25, -0.2) is 8.93 Å². The molecule has 22 heavy (non-hydrogen) atoms. The van der Waals surface area contributed by atoms with Crippen molar-refractivity contribution >= 4 is 11.0 Å². The van der Waals surface area contributed by atoms with E-state index in [1.165, 1.54) is 0 Å². The highest BCUT2D eigenvalue weighted by Gasteiger charge is 2.25. The van der Waals surface area contributed by atoms with Crippen LogP contribution in [0.25, 0.3) is 0 Å². The van der Waals surface area contributed by atoms with Crippen molar-refractivity contribution in [2.45, 2.75) is 51.3 Å². The second-order valence-electron chi connectivity index (χ2n) is 6.57. The van der Waals surface area contributed by atoms with Crippen molar-refractivity contribution in [3.8, 4) is 5.75 Å². The van der Waals surface area contributed by atoms with E-state index in [1.54, 1.807) is 0 Å². The van der Waals surface area contributed by atoms with Crippen LogP contribution in [0.3, 0.4) is 0 Å². The molecule has 0 aliphatic heterocycles. The van der Waals surface area contributed by atoms with Gasteiger partial charge < -0.3 is 4.74 Å². The average molecular weight is 324 g/mol. The summed E-state index contributed by atoms with van der Waals surface area (Å²) in [4.78, 5) is 0. The quantitative estimate of drug-likeness (QED) is 0.695. The second kappa shape index (κ2) is 9.11. The van der Waals surface area contributed by atoms with Gasteiger partial charge in [-0.1, -0.05) is 31.2 Å². The minimum Gasteiger partial charge on any atom is -0.493 e. The van der Waals surface area contributed by atoms with Crippen LogP contribution in [0.15, 0.2) is 43.0 Å². The molecule has 3 atom stereocenters. The van der Waals surface area contributed by atoms with Gasteiger partial charge in [0.15, 0.2) is 0 Å². The average Bonchev–Trinajstić information content (AvgIpc) is 2.48. The van der Waals surface area contributed by atoms with E-state index in [0.717, 1.165) is 18.6 Å². The predicted molar refractivity (Wildman–Crippen MR) is 95.4 cm³/mol. The Kier molecular flexibility index (Phi) is 7.83. The Hall–Kier alpha value is -1.13. The fourth-order valence-corrected chi connectivity index (χ4v) is 2.91. The summed E-state index contributed by atoms with van der Waals surface area (Å²) in [6, 6.07) is 9.93. The Morgan fingerprint density at radius 1 is 1.32 bits per heavy atom. The van der Waals surface area contributed by atoms with E-state index >= 15 is 0 Å². The minimum atomic E-state index is -1.08. The zero-order valence-corrected chi connectivity index (χ0v) is 15.0. The number of benzene rings is 1. The first-order chi connectivity index (χ1) is 10.3. The largest absolute Gasteiger partial charge is 0.493 e. The highest BCUT2D eigenvalue weighted by molar-refractivity contribution is 7.84. The lowest BCUT2D eigenvalue weighted by atomic mass is 9.99. The highest BCUT2D eigenvalue weighted by Crippen LogP contribution is 2.17. The van der Waals surface area contributed by atoms with Gasteiger partial charge in [-0.15, -0.1) is 6.58 Å². The van der Waals surface area contributed by atoms with Crippen LogP contribution in [0.2, 0.25) is 0 Å². The van der Waals surface area contributed by atoms with Gasteiger partial charge in [0.05, 0.1) is 22.3 Å². The molecule has 0 radical (unpaired) electrons. The second-order valence-corrected chi connectivity index (χ2v) is 8.57. The van der Waals surface area contributed by atoms with Crippen LogP contribution in [0.4, 0.5) is 0 Å². The van der Waals surface area contributed by atoms with Gasteiger partial charge in [0.25, 0.3) is 0 Å². The van der Waals surface area contributed by atoms with Gasteiger partial charge in [0, 0.05) is 12.0 Å². The normalized spacial score (nSPS) is 15.8. The Morgan fingerprint density at radius 3 is 2.50 bits per heavy atom. The molecule has 1 N–H and O–H groups in total. The SMILES string of the molecule is C=CCC[C@@H](NS(=O)C(C)(C)C)[C@H](C)COc1ccccc1. The molecule has 0 amide bonds. The van der Waals surface area contributed by atoms with Crippen molar-refractivity contribution < 1.29 is 8.95 Å². The van der Waals surface area contributed by atoms with Crippen LogP contribution >= 0.6 is 0 Å². The molecular weight excluding hydrogens is 294 g/mol. The molecule has 124 valence electrons. The smallest absolute Gasteiger partial charge is 0.119 e. The van der Waals surface area contributed by atoms with Crippen LogP contribution in [0.1, 0.15) is 40.5 Å². The molecule has 0 spiro atoms. The van der Waals surface area contributed by atoms with E-state index in [-0.39, 0.29) is 16.7 Å². The lowest BCUT2D eigenvalue weighted by Gasteiger charge is -2.28. The van der Waals surface area contributed by atoms with Gasteiger partial charge in [-0.2, -0.15) is 0 Å². The maximum atomic E-state index is 12.4. The van der Waals surface area contributed by atoms with Crippen molar-refractivity contribution in [3.05, 3.63) is 43.0 Å². The van der Waals surface area contributed by atoms with E-state index < -0.39 is 11.0 Å². The van der Waals surface area contributed by atoms with Gasteiger partial charge >= 0.3 is 0 Å². The summed E-state index contributed by atoms with van der Waals surface area (Å²) in [6.07, 6.45) is 3.71. The Bertz CT molecular complexity index is 468. The van der Waals surface area contributed by atoms with Gasteiger partial charge in [0.1, 0.15) is 5.75 Å². The van der Waals surface area contributed by atoms with Crippen LogP contribution in [0, 0.1) is 5.92 Å². The fourth-order valence-electron chi connectivity index (χ4n) is 1.93. The molecule has 1 aromatic carbocycles. The van der Waals surface area contributed by atoms with Crippen LogP contribution < -0.4 is 9.46 Å². The molecule has 0 saturated carbocycles. The molecule has 0 aliphatic carbocycles. The molecule has 0 heterocycles. The lowest BCUT2D eigenvalue weighted by Crippen LogP contribution is -2.44. The highest BCUT2D eigenvalue weighted by atomic mass is 32.2. The molecule has 0 aliphatic rings. The molecule has 1 aromatic rings. The summed E-state index contributed by atoms with van der Waals surface area (Å²) in [5.74, 6) is 1.13. The third-order valence-electron chi connectivity index (χ3n) is 3.44. The topological polar surface area (TPSA) is 38.3 Å². The number of nitrogens with one attached hydrogen (secondary N) is 1. The summed E-state index contributed by atoms with van der Waals surface area (Å²) >= 11 is 0. The molecule has 0 saturated heterocycles. The Balaban J connectivity index is 2.61. The number of rotatable bonds is 9. The summed E-state index contributed by atoms with van der Waals surface area (Å²) in [5, 5.41) is 0. The van der Waals surface area contributed by atoms with E-state index in [0.29, 0.717) is 6.61 Å². The number of para-hydroxylation sites is 1. The molecular formula is C18H29NO2S. The molecule has 0 aromatic heterocycles. The monoisotopic (exact) mass is 323 g/mol. The molecule has 4 heteroatoms. The van der Waals surface area contributed by atoms with Crippen molar-refractivity contribution in [3.63, 3.8) is 0 Å². The number of allylic oxidation sites excluding steroid dienone is 1. The van der Waals surface area contributed by atoms with Crippen LogP contribution in [-0.4, -0.2) is 21.6 Å². The van der Waals surface area contributed by atoms with Gasteiger partial charge in [-0.3, -0.25) is 0 Å². The van der Waals surface area contributed by atoms with Crippen molar-refractivity contribution in [1.82, 2.24) is 4.72 Å². The first-order valence-electron chi connectivity index (χ1n) is 7.81. The molecule has 3 nitrogen and oxygen atoms in total. The number of hydrogen-bond donors (Lipinski definition) is 1. The number of hydrogen-bond acceptors (Lipinski definition) is 2. The number of ether oxygens (including phenoxy) is 1. The summed E-state index contributed by atoms with van der Waals surface area (Å²) in [5.41, 5.74) is 0. The van der Waals surface area contributed by atoms with E-state index in [4.69, 9.17) is 4.74 Å². The third-order valence-corrected chi connectivity index (χ3v) is 5.07. The third kappa shape index (κ3) is 6.75. The zero-order valence-electron chi connectivity index (χ0n) is 14.2. The van der Waals surface area contributed by atoms with E-state index in [1.807, 2.05) is 57.2 Å². The Morgan fingerprint density at radius 2 is 1.95 bits per heavy atom. The molecule has 0 bridgehead atoms. The zero-order chi connectivity index (χ0) is 16.6. The van der Waals surface area contributed by atoms with Crippen LogP contribution in [0.5, 0.6) is 5.75 Å². The molecule has 1 unspecified atom stereocenters. The molecule has 0 fully saturated rings. The summed E-state index contributed by atoms with van der Waals surface area (Å²) < 4.78 is 21.2. The lowest BCUT2D eigenvalue weighted by molar-refractivity contribution is 0.227. The van der Waals surface area contributed by atoms with Crippen molar-refractivity contribution in [1.29, 1.82) is 0 Å². The van der Waals surface area contributed by atoms with E-state index in [2.05, 4.69) is 18.2 Å². The fraction of sp³-hybridized carbons (Fsp3) is 0.556. The van der Waals surface area contributed by atoms with Crippen LogP contribution in [-0.2, 0) is 11.0 Å². The predicted octanol–water partition coefficient (Wildman–Crippen LogP) is 4.09. The molecule has 1 rings (SSSR count). The van der Waals surface area contributed by atoms with Gasteiger partial charge in [0.2, 0.25) is 0 Å². The van der Waals surface area contributed by atoms with E-state index in [9.17, 15) is 4.21 Å². The maximum absolute atomic E-state index is 12.4. The summed E-state index contributed by atoms with van der Waals surface area (Å²) in [6.45, 7) is 12.4. The van der Waals surface area contributed by atoms with Crippen molar-refractivity contribution in [2.75, 3.05) is 6.61 Å². The Labute approximate surface area is 137 Å².